The molecule has 0 bridgehead atoms. The average molecular weight is 282 g/mol. The molecule has 0 aliphatic rings. The van der Waals surface area contributed by atoms with Crippen molar-refractivity contribution in [1.29, 1.82) is 0 Å². The first-order valence-electron chi connectivity index (χ1n) is 5.74. The van der Waals surface area contributed by atoms with Gasteiger partial charge in [-0.3, -0.25) is 0 Å². The Morgan fingerprint density at radius 2 is 2.28 bits per heavy atom. The third-order valence-electron chi connectivity index (χ3n) is 2.45. The highest BCUT2D eigenvalue weighted by molar-refractivity contribution is 7.20. The monoisotopic (exact) mass is 282 g/mol. The number of hydrogen-bond acceptors (Lipinski definition) is 6. The summed E-state index contributed by atoms with van der Waals surface area (Å²) in [6, 6.07) is 0. The standard InChI is InChI=1S/C12H14N2O2S2/c1-3-4-5-8-9(12(15)16-2)14-11(18-8)10-13-6-7-17-10/h6-7H,3-5H2,1-2H3. The predicted molar refractivity (Wildman–Crippen MR) is 73.2 cm³/mol. The van der Waals surface area contributed by atoms with Crippen molar-refractivity contribution in [1.82, 2.24) is 9.97 Å². The number of unbranched alkanes of at least 4 members (excludes halogenated alkanes) is 1. The minimum absolute atomic E-state index is 0.361. The van der Waals surface area contributed by atoms with Crippen LogP contribution in [-0.4, -0.2) is 23.0 Å². The molecule has 0 aliphatic heterocycles. The smallest absolute Gasteiger partial charge is 0.357 e. The fourth-order valence-electron chi connectivity index (χ4n) is 1.54. The van der Waals surface area contributed by atoms with E-state index in [-0.39, 0.29) is 5.97 Å². The summed E-state index contributed by atoms with van der Waals surface area (Å²) in [6.07, 6.45) is 4.74. The zero-order chi connectivity index (χ0) is 13.0. The third-order valence-corrected chi connectivity index (χ3v) is 4.48. The number of carbonyl (C=O) groups is 1. The van der Waals surface area contributed by atoms with E-state index < -0.39 is 0 Å². The molecule has 0 atom stereocenters. The van der Waals surface area contributed by atoms with Gasteiger partial charge in [-0.1, -0.05) is 13.3 Å². The molecule has 0 spiro atoms. The van der Waals surface area contributed by atoms with Gasteiger partial charge < -0.3 is 4.74 Å². The maximum Gasteiger partial charge on any atom is 0.357 e. The molecule has 0 aromatic carbocycles. The fourth-order valence-corrected chi connectivity index (χ4v) is 3.31. The van der Waals surface area contributed by atoms with Crippen LogP contribution in [-0.2, 0) is 11.2 Å². The number of carbonyl (C=O) groups excluding carboxylic acids is 1. The van der Waals surface area contributed by atoms with Gasteiger partial charge in [-0.25, -0.2) is 14.8 Å². The van der Waals surface area contributed by atoms with Gasteiger partial charge in [0.15, 0.2) is 15.7 Å². The number of ether oxygens (including phenoxy) is 1. The number of rotatable bonds is 5. The van der Waals surface area contributed by atoms with E-state index in [0.29, 0.717) is 5.69 Å². The minimum Gasteiger partial charge on any atom is -0.464 e. The van der Waals surface area contributed by atoms with Crippen LogP contribution in [0.2, 0.25) is 0 Å². The number of aryl methyl sites for hydroxylation is 1. The highest BCUT2D eigenvalue weighted by Gasteiger charge is 2.19. The third kappa shape index (κ3) is 2.76. The van der Waals surface area contributed by atoms with E-state index >= 15 is 0 Å². The highest BCUT2D eigenvalue weighted by atomic mass is 32.1. The van der Waals surface area contributed by atoms with E-state index in [1.165, 1.54) is 29.8 Å². The first-order chi connectivity index (χ1) is 8.76. The van der Waals surface area contributed by atoms with Gasteiger partial charge >= 0.3 is 5.97 Å². The first kappa shape index (κ1) is 13.2. The molecule has 0 saturated heterocycles. The van der Waals surface area contributed by atoms with Gasteiger partial charge in [-0.15, -0.1) is 22.7 Å². The van der Waals surface area contributed by atoms with Gasteiger partial charge in [0.2, 0.25) is 0 Å². The minimum atomic E-state index is -0.361. The summed E-state index contributed by atoms with van der Waals surface area (Å²) in [4.78, 5) is 21.3. The predicted octanol–water partition coefficient (Wildman–Crippen LogP) is 3.40. The van der Waals surface area contributed by atoms with Crippen LogP contribution in [0.25, 0.3) is 10.0 Å². The molecule has 0 aliphatic carbocycles. The molecule has 0 radical (unpaired) electrons. The van der Waals surface area contributed by atoms with Gasteiger partial charge in [0.1, 0.15) is 0 Å². The topological polar surface area (TPSA) is 52.1 Å². The van der Waals surface area contributed by atoms with E-state index in [4.69, 9.17) is 4.74 Å². The van der Waals surface area contributed by atoms with Crippen molar-refractivity contribution in [3.05, 3.63) is 22.1 Å². The molecular formula is C12H14N2O2S2. The number of methoxy groups -OCH3 is 1. The Morgan fingerprint density at radius 1 is 1.44 bits per heavy atom. The normalized spacial score (nSPS) is 10.6. The summed E-state index contributed by atoms with van der Waals surface area (Å²) >= 11 is 3.06. The molecule has 0 N–H and O–H groups in total. The Labute approximate surface area is 114 Å². The fraction of sp³-hybridized carbons (Fsp3) is 0.417. The largest absolute Gasteiger partial charge is 0.464 e. The van der Waals surface area contributed by atoms with Gasteiger partial charge in [0.05, 0.1) is 7.11 Å². The maximum atomic E-state index is 11.7. The van der Waals surface area contributed by atoms with Crippen LogP contribution in [0.5, 0.6) is 0 Å². The lowest BCUT2D eigenvalue weighted by Gasteiger charge is -1.98. The summed E-state index contributed by atoms with van der Waals surface area (Å²) in [5, 5.41) is 3.56. The molecule has 2 aromatic heterocycles. The van der Waals surface area contributed by atoms with Gasteiger partial charge in [0.25, 0.3) is 0 Å². The molecule has 0 saturated carbocycles. The van der Waals surface area contributed by atoms with Crippen LogP contribution in [0.1, 0.15) is 35.1 Å². The average Bonchev–Trinajstić information content (AvgIpc) is 3.03. The summed E-state index contributed by atoms with van der Waals surface area (Å²) in [7, 11) is 1.38. The highest BCUT2D eigenvalue weighted by Crippen LogP contribution is 2.30. The number of thiazole rings is 2. The zero-order valence-corrected chi connectivity index (χ0v) is 11.9. The van der Waals surface area contributed by atoms with E-state index in [1.807, 2.05) is 5.38 Å². The summed E-state index contributed by atoms with van der Waals surface area (Å²) in [5.74, 6) is -0.361. The molecule has 0 amide bonds. The molecule has 18 heavy (non-hydrogen) atoms. The van der Waals surface area contributed by atoms with Crippen LogP contribution < -0.4 is 0 Å². The second-order valence-electron chi connectivity index (χ2n) is 3.72. The van der Waals surface area contributed by atoms with Gasteiger partial charge in [0, 0.05) is 16.5 Å². The molecule has 6 heteroatoms. The van der Waals surface area contributed by atoms with E-state index in [9.17, 15) is 4.79 Å². The lowest BCUT2D eigenvalue weighted by Crippen LogP contribution is -2.04. The van der Waals surface area contributed by atoms with Crippen LogP contribution in [0.3, 0.4) is 0 Å². The Balaban J connectivity index is 2.34. The quantitative estimate of drug-likeness (QED) is 0.789. The van der Waals surface area contributed by atoms with Crippen LogP contribution in [0.15, 0.2) is 11.6 Å². The molecule has 2 heterocycles. The maximum absolute atomic E-state index is 11.7. The van der Waals surface area contributed by atoms with Gasteiger partial charge in [-0.05, 0) is 12.8 Å². The Kier molecular flexibility index (Phi) is 4.43. The van der Waals surface area contributed by atoms with Crippen molar-refractivity contribution in [3.8, 4) is 10.0 Å². The Morgan fingerprint density at radius 3 is 2.89 bits per heavy atom. The second-order valence-corrected chi connectivity index (χ2v) is 5.70. The molecule has 2 rings (SSSR count). The number of hydrogen-bond donors (Lipinski definition) is 0. The molecular weight excluding hydrogens is 268 g/mol. The molecule has 0 fully saturated rings. The van der Waals surface area contributed by atoms with Crippen molar-refractivity contribution in [2.24, 2.45) is 0 Å². The van der Waals surface area contributed by atoms with Crippen molar-refractivity contribution in [3.63, 3.8) is 0 Å². The summed E-state index contributed by atoms with van der Waals surface area (Å²) in [5.41, 5.74) is 0.446. The SMILES string of the molecule is CCCCc1sc(-c2nccs2)nc1C(=O)OC. The van der Waals surface area contributed by atoms with E-state index in [0.717, 1.165) is 34.2 Å². The molecule has 0 unspecified atom stereocenters. The van der Waals surface area contributed by atoms with E-state index in [2.05, 4.69) is 16.9 Å². The summed E-state index contributed by atoms with van der Waals surface area (Å²) in [6.45, 7) is 2.13. The number of esters is 1. The molecule has 2 aromatic rings. The van der Waals surface area contributed by atoms with Crippen LogP contribution in [0, 0.1) is 0 Å². The second kappa shape index (κ2) is 6.06. The van der Waals surface area contributed by atoms with Gasteiger partial charge in [-0.2, -0.15) is 0 Å². The number of nitrogens with zero attached hydrogens (tertiary/aromatic N) is 2. The Hall–Kier alpha value is -1.27. The van der Waals surface area contributed by atoms with Crippen molar-refractivity contribution < 1.29 is 9.53 Å². The van der Waals surface area contributed by atoms with Crippen molar-refractivity contribution >= 4 is 28.6 Å². The summed E-state index contributed by atoms with van der Waals surface area (Å²) < 4.78 is 4.78. The lowest BCUT2D eigenvalue weighted by molar-refractivity contribution is 0.0594. The van der Waals surface area contributed by atoms with Crippen LogP contribution in [0.4, 0.5) is 0 Å². The zero-order valence-electron chi connectivity index (χ0n) is 10.3. The van der Waals surface area contributed by atoms with Crippen molar-refractivity contribution in [2.75, 3.05) is 7.11 Å². The van der Waals surface area contributed by atoms with Crippen molar-refractivity contribution in [2.45, 2.75) is 26.2 Å². The van der Waals surface area contributed by atoms with Crippen LogP contribution >= 0.6 is 22.7 Å². The van der Waals surface area contributed by atoms with E-state index in [1.54, 1.807) is 6.20 Å². The molecule has 96 valence electrons. The lowest BCUT2D eigenvalue weighted by atomic mass is 10.2. The number of aromatic nitrogens is 2. The first-order valence-corrected chi connectivity index (χ1v) is 7.43. The molecule has 4 nitrogen and oxygen atoms in total. The Bertz CT molecular complexity index is 520.